The highest BCUT2D eigenvalue weighted by atomic mass is 19.1. The molecule has 0 saturated carbocycles. The van der Waals surface area contributed by atoms with Crippen molar-refractivity contribution in [3.8, 4) is 17.6 Å². The van der Waals surface area contributed by atoms with Gasteiger partial charge in [-0.1, -0.05) is 24.3 Å². The van der Waals surface area contributed by atoms with Crippen LogP contribution in [0.15, 0.2) is 78.2 Å². The van der Waals surface area contributed by atoms with E-state index in [1.165, 1.54) is 31.6 Å². The lowest BCUT2D eigenvalue weighted by atomic mass is 9.82. The summed E-state index contributed by atoms with van der Waals surface area (Å²) in [5.74, 6) is -0.621. The number of rotatable bonds is 8. The van der Waals surface area contributed by atoms with Crippen molar-refractivity contribution in [3.63, 3.8) is 0 Å². The predicted molar refractivity (Wildman–Crippen MR) is 155 cm³/mol. The Labute approximate surface area is 240 Å². The van der Waals surface area contributed by atoms with Gasteiger partial charge in [-0.15, -0.1) is 0 Å². The minimum absolute atomic E-state index is 0.0293. The van der Waals surface area contributed by atoms with Gasteiger partial charge < -0.3 is 14.8 Å². The van der Waals surface area contributed by atoms with Crippen LogP contribution < -0.4 is 14.8 Å². The Balaban J connectivity index is 1.43. The first-order valence-electron chi connectivity index (χ1n) is 13.2. The zero-order valence-electron chi connectivity index (χ0n) is 22.7. The number of aliphatic imine (C=N–C) groups is 1. The van der Waals surface area contributed by atoms with Gasteiger partial charge >= 0.3 is 0 Å². The molecule has 1 atom stereocenters. The molecule has 4 aromatic rings. The molecule has 3 heterocycles. The summed E-state index contributed by atoms with van der Waals surface area (Å²) < 4.78 is 41.1. The van der Waals surface area contributed by atoms with E-state index >= 15 is 8.78 Å². The molecule has 8 nitrogen and oxygen atoms in total. The number of allylic oxidation sites excluding steroid dienone is 4. The molecule has 0 amide bonds. The summed E-state index contributed by atoms with van der Waals surface area (Å²) in [5.41, 5.74) is 4.69. The number of benzene rings is 2. The molecule has 0 spiro atoms. The minimum Gasteiger partial charge on any atom is -0.494 e. The number of hydrogen-bond acceptors (Lipinski definition) is 8. The number of aromatic nitrogens is 3. The fourth-order valence-corrected chi connectivity index (χ4v) is 5.07. The normalized spacial score (nSPS) is 15.0. The highest BCUT2D eigenvalue weighted by Gasteiger charge is 2.32. The first kappa shape index (κ1) is 26.8. The summed E-state index contributed by atoms with van der Waals surface area (Å²) in [7, 11) is 1.50. The quantitative estimate of drug-likeness (QED) is 0.258. The topological polar surface area (TPSA) is 105 Å². The molecule has 2 aromatic heterocycles. The molecule has 10 heteroatoms. The van der Waals surface area contributed by atoms with E-state index in [9.17, 15) is 5.26 Å². The Morgan fingerprint density at radius 3 is 2.67 bits per heavy atom. The van der Waals surface area contributed by atoms with E-state index in [2.05, 4.69) is 21.4 Å². The van der Waals surface area contributed by atoms with Gasteiger partial charge in [0.25, 0.3) is 0 Å². The van der Waals surface area contributed by atoms with E-state index < -0.39 is 17.6 Å². The van der Waals surface area contributed by atoms with E-state index in [0.717, 1.165) is 22.5 Å². The monoisotopic (exact) mass is 562 g/mol. The first-order valence-corrected chi connectivity index (χ1v) is 13.2. The van der Waals surface area contributed by atoms with Crippen molar-refractivity contribution in [2.75, 3.05) is 19.0 Å². The summed E-state index contributed by atoms with van der Waals surface area (Å²) >= 11 is 0. The predicted octanol–water partition coefficient (Wildman–Crippen LogP) is 6.60. The average molecular weight is 563 g/mol. The van der Waals surface area contributed by atoms with Crippen LogP contribution >= 0.6 is 0 Å². The number of pyridine rings is 1. The van der Waals surface area contributed by atoms with Crippen molar-refractivity contribution in [2.45, 2.75) is 13.3 Å². The molecule has 1 unspecified atom stereocenters. The van der Waals surface area contributed by atoms with Gasteiger partial charge in [0.1, 0.15) is 23.5 Å². The highest BCUT2D eigenvalue weighted by molar-refractivity contribution is 6.33. The van der Waals surface area contributed by atoms with Crippen LogP contribution in [0.4, 0.5) is 26.0 Å². The molecule has 1 aliphatic carbocycles. The number of nitrogens with one attached hydrogen (secondary N) is 1. The van der Waals surface area contributed by atoms with Crippen LogP contribution in [0.1, 0.15) is 29.4 Å². The van der Waals surface area contributed by atoms with Gasteiger partial charge in [0.2, 0.25) is 0 Å². The largest absolute Gasteiger partial charge is 0.494 e. The SMILES string of the molecule is CCOc1cc(F)c(CC2C=C(c3ncc(OC)c(Nc4ccncc4C#N)n3)C=C3C2=Nc2ccccc23)c(F)c1. The van der Waals surface area contributed by atoms with Gasteiger partial charge in [-0.25, -0.2) is 18.7 Å². The summed E-state index contributed by atoms with van der Waals surface area (Å²) in [6.07, 6.45) is 8.39. The molecule has 0 saturated heterocycles. The molecular formula is C32H24F2N6O2. The Hall–Kier alpha value is -5.43. The summed E-state index contributed by atoms with van der Waals surface area (Å²) in [6, 6.07) is 13.9. The lowest BCUT2D eigenvalue weighted by Crippen LogP contribution is -2.20. The second-order valence-corrected chi connectivity index (χ2v) is 9.57. The maximum Gasteiger partial charge on any atom is 0.179 e. The van der Waals surface area contributed by atoms with Gasteiger partial charge in [0.05, 0.1) is 42.6 Å². The zero-order valence-corrected chi connectivity index (χ0v) is 22.7. The molecule has 2 aromatic carbocycles. The van der Waals surface area contributed by atoms with E-state index in [1.807, 2.05) is 36.4 Å². The second-order valence-electron chi connectivity index (χ2n) is 9.57. The maximum atomic E-state index is 15.2. The molecule has 2 aliphatic rings. The summed E-state index contributed by atoms with van der Waals surface area (Å²) in [5, 5.41) is 12.6. The van der Waals surface area contributed by atoms with Crippen molar-refractivity contribution in [1.82, 2.24) is 15.0 Å². The number of anilines is 2. The van der Waals surface area contributed by atoms with Gasteiger partial charge in [-0.2, -0.15) is 5.26 Å². The number of para-hydroxylation sites is 1. The van der Waals surface area contributed by atoms with Crippen LogP contribution in [-0.4, -0.2) is 34.4 Å². The fraction of sp³-hybridized carbons (Fsp3) is 0.156. The van der Waals surface area contributed by atoms with Crippen molar-refractivity contribution < 1.29 is 18.3 Å². The lowest BCUT2D eigenvalue weighted by Gasteiger charge is -2.22. The molecule has 0 radical (unpaired) electrons. The van der Waals surface area contributed by atoms with Crippen molar-refractivity contribution in [3.05, 3.63) is 107 Å². The van der Waals surface area contributed by atoms with Gasteiger partial charge in [0, 0.05) is 52.7 Å². The Morgan fingerprint density at radius 2 is 1.90 bits per heavy atom. The molecule has 1 aliphatic heterocycles. The molecule has 1 N–H and O–H groups in total. The van der Waals surface area contributed by atoms with Crippen molar-refractivity contribution in [2.24, 2.45) is 10.9 Å². The third-order valence-corrected chi connectivity index (χ3v) is 7.02. The standard InChI is InChI=1S/C32H24F2N6O2/c1-3-42-21-13-25(33)24(26(34)14-21)11-18-10-19(12-23-22-6-4-5-7-28(22)38-30(18)23)31-37-17-29(41-2)32(40-31)39-27-8-9-36-16-20(27)15-35/h4-10,12-14,16-18H,3,11H2,1-2H3,(H,36,37,39,40). The smallest absolute Gasteiger partial charge is 0.179 e. The summed E-state index contributed by atoms with van der Waals surface area (Å²) in [4.78, 5) is 18.1. The molecular weight excluding hydrogens is 538 g/mol. The lowest BCUT2D eigenvalue weighted by molar-refractivity contribution is 0.335. The maximum absolute atomic E-state index is 15.2. The molecule has 42 heavy (non-hydrogen) atoms. The fourth-order valence-electron chi connectivity index (χ4n) is 5.07. The van der Waals surface area contributed by atoms with E-state index in [1.54, 1.807) is 19.2 Å². The number of nitriles is 1. The second kappa shape index (κ2) is 11.2. The third kappa shape index (κ3) is 4.97. The third-order valence-electron chi connectivity index (χ3n) is 7.02. The number of ether oxygens (including phenoxy) is 2. The van der Waals surface area contributed by atoms with E-state index in [-0.39, 0.29) is 17.7 Å². The molecule has 0 fully saturated rings. The number of nitrogens with zero attached hydrogens (tertiary/aromatic N) is 5. The van der Waals surface area contributed by atoms with Crippen LogP contribution in [0.5, 0.6) is 11.5 Å². The number of halogens is 2. The van der Waals surface area contributed by atoms with Gasteiger partial charge in [0.15, 0.2) is 17.4 Å². The van der Waals surface area contributed by atoms with Crippen molar-refractivity contribution >= 4 is 34.1 Å². The zero-order chi connectivity index (χ0) is 29.2. The van der Waals surface area contributed by atoms with Gasteiger partial charge in [-0.3, -0.25) is 9.98 Å². The molecule has 6 rings (SSSR count). The number of fused-ring (bicyclic) bond motifs is 3. The Bertz CT molecular complexity index is 1820. The molecule has 208 valence electrons. The number of methoxy groups -OCH3 is 1. The van der Waals surface area contributed by atoms with E-state index in [0.29, 0.717) is 40.8 Å². The highest BCUT2D eigenvalue weighted by Crippen LogP contribution is 2.43. The van der Waals surface area contributed by atoms with Crippen LogP contribution in [0.3, 0.4) is 0 Å². The van der Waals surface area contributed by atoms with E-state index in [4.69, 9.17) is 19.5 Å². The number of hydrogen-bond donors (Lipinski definition) is 1. The van der Waals surface area contributed by atoms with Crippen LogP contribution in [-0.2, 0) is 6.42 Å². The van der Waals surface area contributed by atoms with Gasteiger partial charge in [-0.05, 0) is 31.6 Å². The Kier molecular flexibility index (Phi) is 7.15. The van der Waals surface area contributed by atoms with Crippen LogP contribution in [0.2, 0.25) is 0 Å². The van der Waals surface area contributed by atoms with Crippen molar-refractivity contribution in [1.29, 1.82) is 5.26 Å². The first-order chi connectivity index (χ1) is 20.5. The minimum atomic E-state index is -0.682. The molecule has 0 bridgehead atoms. The van der Waals surface area contributed by atoms with Crippen LogP contribution in [0, 0.1) is 28.9 Å². The Morgan fingerprint density at radius 1 is 1.10 bits per heavy atom. The van der Waals surface area contributed by atoms with Crippen LogP contribution in [0.25, 0.3) is 11.1 Å². The summed E-state index contributed by atoms with van der Waals surface area (Å²) in [6.45, 7) is 2.05. The average Bonchev–Trinajstić information content (AvgIpc) is 3.38.